The molecule has 0 aliphatic carbocycles. The van der Waals surface area contributed by atoms with Gasteiger partial charge in [-0.2, -0.15) is 0 Å². The number of nitrogens with one attached hydrogen (secondary N) is 1. The van der Waals surface area contributed by atoms with E-state index in [1.165, 1.54) is 0 Å². The molecule has 0 aromatic heterocycles. The Kier molecular flexibility index (Phi) is 6.38. The second kappa shape index (κ2) is 7.57. The molecule has 0 saturated carbocycles. The number of aromatic hydroxyl groups is 1. The Balaban J connectivity index is 2.30. The highest BCUT2D eigenvalue weighted by molar-refractivity contribution is 6.21. The van der Waals surface area contributed by atoms with Crippen LogP contribution in [-0.4, -0.2) is 17.0 Å². The van der Waals surface area contributed by atoms with Gasteiger partial charge in [0.15, 0.2) is 0 Å². The van der Waals surface area contributed by atoms with Crippen LogP contribution in [0.5, 0.6) is 5.75 Å². The first kappa shape index (κ1) is 14.3. The molecule has 1 aromatic carbocycles. The lowest BCUT2D eigenvalue weighted by Gasteiger charge is -2.19. The third kappa shape index (κ3) is 4.97. The zero-order valence-electron chi connectivity index (χ0n) is 10.6. The van der Waals surface area contributed by atoms with Gasteiger partial charge in [0, 0.05) is 18.5 Å². The largest absolute Gasteiger partial charge is 0.508 e. The summed E-state index contributed by atoms with van der Waals surface area (Å²) in [6.45, 7) is 5.99. The Morgan fingerprint density at radius 1 is 1.18 bits per heavy atom. The molecule has 0 bridgehead atoms. The number of hydrogen-bond donors (Lipinski definition) is 2. The van der Waals surface area contributed by atoms with Crippen LogP contribution in [0.15, 0.2) is 24.3 Å². The van der Waals surface area contributed by atoms with Crippen molar-refractivity contribution in [2.75, 3.05) is 6.54 Å². The van der Waals surface area contributed by atoms with E-state index in [0.717, 1.165) is 31.5 Å². The molecule has 96 valence electrons. The van der Waals surface area contributed by atoms with E-state index in [0.29, 0.717) is 11.7 Å². The van der Waals surface area contributed by atoms with Gasteiger partial charge in [-0.3, -0.25) is 0 Å². The molecule has 0 aliphatic rings. The van der Waals surface area contributed by atoms with Crippen LogP contribution in [0.3, 0.4) is 0 Å². The minimum absolute atomic E-state index is 0.196. The lowest BCUT2D eigenvalue weighted by molar-refractivity contribution is 0.446. The van der Waals surface area contributed by atoms with Crippen LogP contribution in [0, 0.1) is 5.92 Å². The van der Waals surface area contributed by atoms with Gasteiger partial charge in [-0.1, -0.05) is 38.8 Å². The van der Waals surface area contributed by atoms with E-state index in [1.807, 2.05) is 12.1 Å². The van der Waals surface area contributed by atoms with Crippen LogP contribution < -0.4 is 5.32 Å². The van der Waals surface area contributed by atoms with Gasteiger partial charge in [-0.15, -0.1) is 11.6 Å². The van der Waals surface area contributed by atoms with E-state index in [4.69, 9.17) is 16.7 Å². The van der Waals surface area contributed by atoms with E-state index in [9.17, 15) is 0 Å². The molecule has 1 aromatic rings. The SMILES string of the molecule is CCC(CC)C(Cl)CNCc1ccc(O)cc1. The van der Waals surface area contributed by atoms with Crippen molar-refractivity contribution < 1.29 is 5.11 Å². The van der Waals surface area contributed by atoms with Gasteiger partial charge in [0.05, 0.1) is 0 Å². The summed E-state index contributed by atoms with van der Waals surface area (Å²) in [4.78, 5) is 0. The predicted octanol–water partition coefficient (Wildman–Crippen LogP) is 3.53. The molecule has 0 amide bonds. The number of hydrogen-bond acceptors (Lipinski definition) is 2. The van der Waals surface area contributed by atoms with Crippen LogP contribution in [0.1, 0.15) is 32.3 Å². The van der Waals surface area contributed by atoms with Gasteiger partial charge in [0.1, 0.15) is 5.75 Å². The molecule has 0 fully saturated rings. The Bertz CT molecular complexity index is 309. The van der Waals surface area contributed by atoms with Crippen molar-refractivity contribution in [3.8, 4) is 5.75 Å². The molecule has 1 rings (SSSR count). The maximum atomic E-state index is 9.17. The second-order valence-electron chi connectivity index (χ2n) is 4.39. The van der Waals surface area contributed by atoms with Crippen molar-refractivity contribution in [1.82, 2.24) is 5.32 Å². The summed E-state index contributed by atoms with van der Waals surface area (Å²) < 4.78 is 0. The minimum Gasteiger partial charge on any atom is -0.508 e. The molecule has 2 N–H and O–H groups in total. The topological polar surface area (TPSA) is 32.3 Å². The number of benzene rings is 1. The van der Waals surface area contributed by atoms with E-state index in [-0.39, 0.29) is 5.38 Å². The average Bonchev–Trinajstić information content (AvgIpc) is 2.33. The third-order valence-electron chi connectivity index (χ3n) is 3.17. The number of phenolic OH excluding ortho intramolecular Hbond substituents is 1. The Hall–Kier alpha value is -0.730. The highest BCUT2D eigenvalue weighted by atomic mass is 35.5. The van der Waals surface area contributed by atoms with Gasteiger partial charge >= 0.3 is 0 Å². The molecule has 0 saturated heterocycles. The summed E-state index contributed by atoms with van der Waals surface area (Å²) in [5, 5.41) is 12.7. The first-order valence-electron chi connectivity index (χ1n) is 6.30. The minimum atomic E-state index is 0.196. The maximum Gasteiger partial charge on any atom is 0.115 e. The van der Waals surface area contributed by atoms with Crippen LogP contribution in [-0.2, 0) is 6.54 Å². The molecule has 1 atom stereocenters. The van der Waals surface area contributed by atoms with Crippen LogP contribution in [0.25, 0.3) is 0 Å². The standard InChI is InChI=1S/C14H22ClNO/c1-3-12(4-2)14(15)10-16-9-11-5-7-13(17)8-6-11/h5-8,12,14,16-17H,3-4,9-10H2,1-2H3. The number of alkyl halides is 1. The smallest absolute Gasteiger partial charge is 0.115 e. The van der Waals surface area contributed by atoms with Gasteiger partial charge in [-0.25, -0.2) is 0 Å². The van der Waals surface area contributed by atoms with Gasteiger partial charge in [0.25, 0.3) is 0 Å². The van der Waals surface area contributed by atoms with Crippen LogP contribution >= 0.6 is 11.6 Å². The lowest BCUT2D eigenvalue weighted by atomic mass is 9.99. The lowest BCUT2D eigenvalue weighted by Crippen LogP contribution is -2.28. The molecule has 3 heteroatoms. The van der Waals surface area contributed by atoms with Crippen LogP contribution in [0.4, 0.5) is 0 Å². The molecular weight excluding hydrogens is 234 g/mol. The maximum absolute atomic E-state index is 9.17. The summed E-state index contributed by atoms with van der Waals surface area (Å²) in [5.41, 5.74) is 1.16. The molecule has 0 radical (unpaired) electrons. The first-order chi connectivity index (χ1) is 8.17. The molecule has 2 nitrogen and oxygen atoms in total. The van der Waals surface area contributed by atoms with E-state index < -0.39 is 0 Å². The molecule has 0 heterocycles. The summed E-state index contributed by atoms with van der Waals surface area (Å²) in [5.74, 6) is 0.894. The molecule has 17 heavy (non-hydrogen) atoms. The van der Waals surface area contributed by atoms with E-state index >= 15 is 0 Å². The zero-order chi connectivity index (χ0) is 12.7. The normalized spacial score (nSPS) is 12.9. The number of halogens is 1. The van der Waals surface area contributed by atoms with Gasteiger partial charge < -0.3 is 10.4 Å². The van der Waals surface area contributed by atoms with Crippen molar-refractivity contribution in [2.24, 2.45) is 5.92 Å². The molecular formula is C14H22ClNO. The first-order valence-corrected chi connectivity index (χ1v) is 6.73. The monoisotopic (exact) mass is 255 g/mol. The van der Waals surface area contributed by atoms with Crippen molar-refractivity contribution >= 4 is 11.6 Å². The Morgan fingerprint density at radius 3 is 2.29 bits per heavy atom. The third-order valence-corrected chi connectivity index (χ3v) is 3.68. The van der Waals surface area contributed by atoms with E-state index in [2.05, 4.69) is 19.2 Å². The van der Waals surface area contributed by atoms with Crippen molar-refractivity contribution in [1.29, 1.82) is 0 Å². The van der Waals surface area contributed by atoms with Gasteiger partial charge in [-0.05, 0) is 23.6 Å². The Morgan fingerprint density at radius 2 is 1.76 bits per heavy atom. The summed E-state index contributed by atoms with van der Waals surface area (Å²) >= 11 is 6.34. The summed E-state index contributed by atoms with van der Waals surface area (Å²) in [6, 6.07) is 7.25. The average molecular weight is 256 g/mol. The molecule has 0 spiro atoms. The zero-order valence-corrected chi connectivity index (χ0v) is 11.4. The second-order valence-corrected chi connectivity index (χ2v) is 4.95. The fourth-order valence-electron chi connectivity index (χ4n) is 1.94. The Labute approximate surface area is 109 Å². The van der Waals surface area contributed by atoms with E-state index in [1.54, 1.807) is 12.1 Å². The fraction of sp³-hybridized carbons (Fsp3) is 0.571. The highest BCUT2D eigenvalue weighted by Crippen LogP contribution is 2.18. The summed E-state index contributed by atoms with van der Waals surface area (Å²) in [6.07, 6.45) is 2.26. The molecule has 1 unspecified atom stereocenters. The van der Waals surface area contributed by atoms with Crippen molar-refractivity contribution in [3.63, 3.8) is 0 Å². The van der Waals surface area contributed by atoms with Crippen LogP contribution in [0.2, 0.25) is 0 Å². The predicted molar refractivity (Wildman–Crippen MR) is 73.5 cm³/mol. The fourth-order valence-corrected chi connectivity index (χ4v) is 2.40. The van der Waals surface area contributed by atoms with Crippen molar-refractivity contribution in [3.05, 3.63) is 29.8 Å². The number of phenols is 1. The highest BCUT2D eigenvalue weighted by Gasteiger charge is 2.14. The van der Waals surface area contributed by atoms with Crippen molar-refractivity contribution in [2.45, 2.75) is 38.6 Å². The summed E-state index contributed by atoms with van der Waals surface area (Å²) in [7, 11) is 0. The van der Waals surface area contributed by atoms with Gasteiger partial charge in [0.2, 0.25) is 0 Å². The number of rotatable bonds is 7. The molecule has 0 aliphatic heterocycles. The quantitative estimate of drug-likeness (QED) is 0.731.